The highest BCUT2D eigenvalue weighted by atomic mass is 79.9. The van der Waals surface area contributed by atoms with Crippen LogP contribution in [0.3, 0.4) is 0 Å². The Balaban J connectivity index is 1.75. The molecule has 0 bridgehead atoms. The molecule has 25 heavy (non-hydrogen) atoms. The third-order valence-electron chi connectivity index (χ3n) is 3.46. The molecule has 1 heterocycles. The summed E-state index contributed by atoms with van der Waals surface area (Å²) >= 11 is 4.51. The first-order valence-electron chi connectivity index (χ1n) is 7.40. The molecular formula is C18H15BrN2O3S. The van der Waals surface area contributed by atoms with Gasteiger partial charge in [-0.25, -0.2) is 0 Å². The summed E-state index contributed by atoms with van der Waals surface area (Å²) in [6, 6.07) is 13.4. The van der Waals surface area contributed by atoms with Crippen molar-refractivity contribution in [3.8, 4) is 11.5 Å². The van der Waals surface area contributed by atoms with E-state index in [0.29, 0.717) is 23.0 Å². The molecular weight excluding hydrogens is 404 g/mol. The van der Waals surface area contributed by atoms with Crippen molar-refractivity contribution in [2.24, 2.45) is 0 Å². The van der Waals surface area contributed by atoms with Gasteiger partial charge in [-0.15, -0.1) is 0 Å². The van der Waals surface area contributed by atoms with E-state index in [4.69, 9.17) is 14.9 Å². The van der Waals surface area contributed by atoms with E-state index in [-0.39, 0.29) is 11.1 Å². The number of nitrogens with one attached hydrogen (secondary N) is 2. The fraction of sp³-hybridized carbons (Fsp3) is 0.111. The van der Waals surface area contributed by atoms with Gasteiger partial charge in [0.25, 0.3) is 5.91 Å². The molecule has 128 valence electrons. The Morgan fingerprint density at radius 2 is 1.96 bits per heavy atom. The van der Waals surface area contributed by atoms with E-state index in [1.165, 1.54) is 0 Å². The third-order valence-corrected chi connectivity index (χ3v) is 4.81. The highest BCUT2D eigenvalue weighted by molar-refractivity contribution is 9.10. The van der Waals surface area contributed by atoms with Crippen LogP contribution >= 0.6 is 27.7 Å². The molecule has 2 N–H and O–H groups in total. The second kappa shape index (κ2) is 7.76. The Bertz CT molecular complexity index is 850. The Kier molecular flexibility index (Phi) is 5.45. The second-order valence-electron chi connectivity index (χ2n) is 5.22. The fourth-order valence-electron chi connectivity index (χ4n) is 2.23. The molecule has 5 nitrogen and oxygen atoms in total. The molecule has 1 fully saturated rings. The molecule has 0 atom stereocenters. The molecule has 0 aliphatic carbocycles. The lowest BCUT2D eigenvalue weighted by Gasteiger charge is -2.11. The SMILES string of the molecule is COc1cc(/C=C2\SC(=N)NC2=O)ccc1OCc1ccc(Br)cc1. The molecule has 1 aliphatic rings. The van der Waals surface area contributed by atoms with E-state index in [0.717, 1.165) is 27.4 Å². The minimum absolute atomic E-state index is 0.137. The number of hydrogen-bond acceptors (Lipinski definition) is 5. The molecule has 1 amide bonds. The Labute approximate surface area is 158 Å². The highest BCUT2D eigenvalue weighted by Gasteiger charge is 2.22. The second-order valence-corrected chi connectivity index (χ2v) is 7.19. The molecule has 0 unspecified atom stereocenters. The first-order chi connectivity index (χ1) is 12.0. The molecule has 2 aromatic carbocycles. The third kappa shape index (κ3) is 4.43. The summed E-state index contributed by atoms with van der Waals surface area (Å²) in [5.74, 6) is 0.957. The average molecular weight is 419 g/mol. The maximum Gasteiger partial charge on any atom is 0.264 e. The largest absolute Gasteiger partial charge is 0.493 e. The number of amidine groups is 1. The van der Waals surface area contributed by atoms with Crippen molar-refractivity contribution in [3.05, 3.63) is 63.0 Å². The van der Waals surface area contributed by atoms with Gasteiger partial charge in [0, 0.05) is 4.47 Å². The van der Waals surface area contributed by atoms with Crippen LogP contribution in [0.1, 0.15) is 11.1 Å². The van der Waals surface area contributed by atoms with Crippen molar-refractivity contribution in [2.75, 3.05) is 7.11 Å². The predicted octanol–water partition coefficient (Wildman–Crippen LogP) is 4.18. The first-order valence-corrected chi connectivity index (χ1v) is 9.01. The molecule has 7 heteroatoms. The van der Waals surface area contributed by atoms with Crippen LogP contribution in [-0.4, -0.2) is 18.2 Å². The number of methoxy groups -OCH3 is 1. The monoisotopic (exact) mass is 418 g/mol. The van der Waals surface area contributed by atoms with Crippen LogP contribution in [0.2, 0.25) is 0 Å². The van der Waals surface area contributed by atoms with Gasteiger partial charge in [0.2, 0.25) is 0 Å². The van der Waals surface area contributed by atoms with Crippen molar-refractivity contribution in [1.82, 2.24) is 5.32 Å². The van der Waals surface area contributed by atoms with Gasteiger partial charge < -0.3 is 14.8 Å². The normalized spacial score (nSPS) is 15.4. The lowest BCUT2D eigenvalue weighted by atomic mass is 10.2. The molecule has 0 spiro atoms. The summed E-state index contributed by atoms with van der Waals surface area (Å²) in [6.07, 6.45) is 1.72. The summed E-state index contributed by atoms with van der Waals surface area (Å²) in [4.78, 5) is 12.2. The van der Waals surface area contributed by atoms with Crippen molar-refractivity contribution in [1.29, 1.82) is 5.41 Å². The van der Waals surface area contributed by atoms with Crippen LogP contribution in [0.15, 0.2) is 51.8 Å². The molecule has 0 aromatic heterocycles. The molecule has 1 aliphatic heterocycles. The van der Waals surface area contributed by atoms with Gasteiger partial charge in [0.1, 0.15) is 6.61 Å². The van der Waals surface area contributed by atoms with Gasteiger partial charge >= 0.3 is 0 Å². The lowest BCUT2D eigenvalue weighted by molar-refractivity contribution is -0.115. The zero-order valence-electron chi connectivity index (χ0n) is 13.3. The molecule has 0 saturated carbocycles. The number of halogens is 1. The van der Waals surface area contributed by atoms with Gasteiger partial charge in [-0.05, 0) is 53.2 Å². The van der Waals surface area contributed by atoms with E-state index >= 15 is 0 Å². The predicted molar refractivity (Wildman–Crippen MR) is 103 cm³/mol. The van der Waals surface area contributed by atoms with Crippen LogP contribution in [0.5, 0.6) is 11.5 Å². The number of rotatable bonds is 5. The number of carbonyl (C=O) groups is 1. The van der Waals surface area contributed by atoms with Crippen molar-refractivity contribution in [3.63, 3.8) is 0 Å². The summed E-state index contributed by atoms with van der Waals surface area (Å²) < 4.78 is 12.3. The smallest absolute Gasteiger partial charge is 0.264 e. The summed E-state index contributed by atoms with van der Waals surface area (Å²) in [6.45, 7) is 0.430. The van der Waals surface area contributed by atoms with E-state index in [2.05, 4.69) is 21.2 Å². The van der Waals surface area contributed by atoms with Crippen LogP contribution < -0.4 is 14.8 Å². The molecule has 0 radical (unpaired) electrons. The molecule has 2 aromatic rings. The highest BCUT2D eigenvalue weighted by Crippen LogP contribution is 2.31. The maximum atomic E-state index is 11.7. The topological polar surface area (TPSA) is 71.4 Å². The maximum absolute atomic E-state index is 11.7. The quantitative estimate of drug-likeness (QED) is 0.714. The molecule has 3 rings (SSSR count). The number of amides is 1. The number of hydrogen-bond donors (Lipinski definition) is 2. The number of carbonyl (C=O) groups excluding carboxylic acids is 1. The molecule has 1 saturated heterocycles. The van der Waals surface area contributed by atoms with Crippen molar-refractivity contribution in [2.45, 2.75) is 6.61 Å². The van der Waals surface area contributed by atoms with Crippen LogP contribution in [0, 0.1) is 5.41 Å². The summed E-state index contributed by atoms with van der Waals surface area (Å²) in [5, 5.41) is 10.1. The van der Waals surface area contributed by atoms with Crippen molar-refractivity contribution >= 4 is 44.8 Å². The van der Waals surface area contributed by atoms with Crippen LogP contribution in [-0.2, 0) is 11.4 Å². The Morgan fingerprint density at radius 1 is 1.20 bits per heavy atom. The van der Waals surface area contributed by atoms with E-state index in [1.807, 2.05) is 36.4 Å². The first kappa shape index (κ1) is 17.6. The van der Waals surface area contributed by atoms with Crippen LogP contribution in [0.25, 0.3) is 6.08 Å². The zero-order valence-corrected chi connectivity index (χ0v) is 15.7. The lowest BCUT2D eigenvalue weighted by Crippen LogP contribution is -2.18. The van der Waals surface area contributed by atoms with E-state index < -0.39 is 0 Å². The fourth-order valence-corrected chi connectivity index (χ4v) is 3.19. The van der Waals surface area contributed by atoms with Gasteiger partial charge in [-0.3, -0.25) is 10.2 Å². The van der Waals surface area contributed by atoms with Gasteiger partial charge in [0.05, 0.1) is 12.0 Å². The summed E-state index contributed by atoms with van der Waals surface area (Å²) in [7, 11) is 1.57. The standard InChI is InChI=1S/C18H15BrN2O3S/c1-23-15-8-12(9-16-17(22)21-18(20)25-16)4-7-14(15)24-10-11-2-5-13(19)6-3-11/h2-9H,10H2,1H3,(H2,20,21,22)/b16-9-. The Morgan fingerprint density at radius 3 is 2.60 bits per heavy atom. The van der Waals surface area contributed by atoms with E-state index in [1.54, 1.807) is 19.3 Å². The van der Waals surface area contributed by atoms with Gasteiger partial charge in [-0.2, -0.15) is 0 Å². The van der Waals surface area contributed by atoms with Crippen molar-refractivity contribution < 1.29 is 14.3 Å². The van der Waals surface area contributed by atoms with E-state index in [9.17, 15) is 4.79 Å². The van der Waals surface area contributed by atoms with Gasteiger partial charge in [0.15, 0.2) is 16.7 Å². The number of ether oxygens (including phenoxy) is 2. The summed E-state index contributed by atoms with van der Waals surface area (Å²) in [5.41, 5.74) is 1.86. The number of benzene rings is 2. The van der Waals surface area contributed by atoms with Gasteiger partial charge in [-0.1, -0.05) is 34.1 Å². The minimum atomic E-state index is -0.260. The number of thioether (sulfide) groups is 1. The Hall–Kier alpha value is -2.25. The average Bonchev–Trinajstić information content (AvgIpc) is 2.92. The minimum Gasteiger partial charge on any atom is -0.493 e. The zero-order chi connectivity index (χ0) is 17.8. The van der Waals surface area contributed by atoms with Crippen LogP contribution in [0.4, 0.5) is 0 Å².